The summed E-state index contributed by atoms with van der Waals surface area (Å²) < 4.78 is 12.3. The van der Waals surface area contributed by atoms with Crippen molar-refractivity contribution in [2.75, 3.05) is 0 Å². The van der Waals surface area contributed by atoms with Gasteiger partial charge in [-0.15, -0.1) is 24.0 Å². The Bertz CT molecular complexity index is 205. The Balaban J connectivity index is 0.000000810. The Morgan fingerprint density at radius 1 is 1.60 bits per heavy atom. The summed E-state index contributed by atoms with van der Waals surface area (Å²) >= 11 is 5.37. The summed E-state index contributed by atoms with van der Waals surface area (Å²) in [5, 5.41) is 0. The molecule has 10 heavy (non-hydrogen) atoms. The molecule has 0 aliphatic rings. The number of alkyl halides is 1. The quantitative estimate of drug-likeness (QED) is 0.607. The van der Waals surface area contributed by atoms with Crippen molar-refractivity contribution in [3.63, 3.8) is 0 Å². The van der Waals surface area contributed by atoms with Crippen LogP contribution in [0.15, 0.2) is 18.3 Å². The van der Waals surface area contributed by atoms with Gasteiger partial charge in [0.2, 0.25) is 0 Å². The molecule has 0 spiro atoms. The van der Waals surface area contributed by atoms with Crippen molar-refractivity contribution < 1.29 is 4.39 Å². The zero-order valence-electron chi connectivity index (χ0n) is 5.05. The van der Waals surface area contributed by atoms with Crippen molar-refractivity contribution in [2.45, 2.75) is 5.88 Å². The predicted octanol–water partition coefficient (Wildman–Crippen LogP) is 2.38. The topological polar surface area (TPSA) is 12.9 Å². The van der Waals surface area contributed by atoms with Gasteiger partial charge in [-0.3, -0.25) is 4.98 Å². The largest absolute Gasteiger partial charge is 0.260 e. The van der Waals surface area contributed by atoms with E-state index >= 15 is 0 Å². The number of hydrogen-bond acceptors (Lipinski definition) is 1. The molecule has 0 N–H and O–H groups in total. The zero-order chi connectivity index (χ0) is 6.69. The Morgan fingerprint density at radius 3 is 2.70 bits per heavy atom. The molecule has 4 heteroatoms. The second kappa shape index (κ2) is 4.47. The molecule has 0 aromatic carbocycles. The summed E-state index contributed by atoms with van der Waals surface area (Å²) in [5.74, 6) is -0.0294. The number of halogens is 3. The summed E-state index contributed by atoms with van der Waals surface area (Å²) in [6, 6.07) is 2.60. The van der Waals surface area contributed by atoms with Gasteiger partial charge >= 0.3 is 0 Å². The smallest absolute Gasteiger partial charge is 0.126 e. The molecule has 1 aromatic heterocycles. The first-order valence-electron chi connectivity index (χ1n) is 2.49. The first-order valence-corrected chi connectivity index (χ1v) is 3.03. The van der Waals surface area contributed by atoms with Gasteiger partial charge in [0.05, 0.1) is 11.6 Å². The van der Waals surface area contributed by atoms with Gasteiger partial charge in [0, 0.05) is 6.20 Å². The van der Waals surface area contributed by atoms with Crippen LogP contribution in [0.2, 0.25) is 0 Å². The molecular formula is C6H6Cl2FN. The van der Waals surface area contributed by atoms with E-state index in [2.05, 4.69) is 4.98 Å². The Morgan fingerprint density at radius 2 is 2.30 bits per heavy atom. The fourth-order valence-corrected chi connectivity index (χ4v) is 0.668. The van der Waals surface area contributed by atoms with Gasteiger partial charge in [-0.05, 0) is 12.1 Å². The van der Waals surface area contributed by atoms with Gasteiger partial charge in [-0.1, -0.05) is 0 Å². The molecule has 0 aliphatic carbocycles. The fourth-order valence-electron chi connectivity index (χ4n) is 0.522. The molecule has 0 atom stereocenters. The van der Waals surface area contributed by atoms with Crippen LogP contribution in [0, 0.1) is 5.82 Å². The van der Waals surface area contributed by atoms with Crippen molar-refractivity contribution in [1.82, 2.24) is 4.98 Å². The zero-order valence-corrected chi connectivity index (χ0v) is 6.62. The lowest BCUT2D eigenvalue weighted by molar-refractivity contribution is 0.623. The molecule has 0 saturated carbocycles. The van der Waals surface area contributed by atoms with E-state index in [-0.39, 0.29) is 24.1 Å². The van der Waals surface area contributed by atoms with Crippen LogP contribution in [0.1, 0.15) is 5.69 Å². The Labute approximate surface area is 69.6 Å². The van der Waals surface area contributed by atoms with Gasteiger partial charge in [0.1, 0.15) is 5.82 Å². The monoisotopic (exact) mass is 181 g/mol. The number of hydrogen-bond donors (Lipinski definition) is 0. The van der Waals surface area contributed by atoms with Gasteiger partial charge in [0.15, 0.2) is 0 Å². The molecule has 0 fully saturated rings. The standard InChI is InChI=1S/C6H5ClFN.ClH/c7-4-6-3-5(8)1-2-9-6;/h1-3H,4H2;1H. The fraction of sp³-hybridized carbons (Fsp3) is 0.167. The molecule has 1 rings (SSSR count). The van der Waals surface area contributed by atoms with Crippen LogP contribution in [-0.4, -0.2) is 4.98 Å². The van der Waals surface area contributed by atoms with E-state index in [0.717, 1.165) is 0 Å². The van der Waals surface area contributed by atoms with E-state index in [4.69, 9.17) is 11.6 Å². The van der Waals surface area contributed by atoms with E-state index in [1.807, 2.05) is 0 Å². The lowest BCUT2D eigenvalue weighted by Crippen LogP contribution is -1.84. The molecule has 1 heterocycles. The van der Waals surface area contributed by atoms with E-state index in [0.29, 0.717) is 5.69 Å². The summed E-state index contributed by atoms with van der Waals surface area (Å²) in [4.78, 5) is 3.79. The van der Waals surface area contributed by atoms with Gasteiger partial charge in [-0.2, -0.15) is 0 Å². The van der Waals surface area contributed by atoms with Crippen LogP contribution in [0.4, 0.5) is 4.39 Å². The molecule has 0 unspecified atom stereocenters. The van der Waals surface area contributed by atoms with Crippen LogP contribution in [0.3, 0.4) is 0 Å². The third-order valence-corrected chi connectivity index (χ3v) is 1.19. The molecular weight excluding hydrogens is 176 g/mol. The Kier molecular flexibility index (Phi) is 4.32. The lowest BCUT2D eigenvalue weighted by Gasteiger charge is -1.90. The summed E-state index contributed by atoms with van der Waals surface area (Å²) in [6.45, 7) is 0. The highest BCUT2D eigenvalue weighted by atomic mass is 35.5. The van der Waals surface area contributed by atoms with Crippen molar-refractivity contribution in [3.05, 3.63) is 29.8 Å². The third-order valence-electron chi connectivity index (χ3n) is 0.916. The maximum absolute atomic E-state index is 12.3. The van der Waals surface area contributed by atoms with Gasteiger partial charge < -0.3 is 0 Å². The first-order chi connectivity index (χ1) is 4.33. The minimum absolute atomic E-state index is 0. The third kappa shape index (κ3) is 2.50. The van der Waals surface area contributed by atoms with E-state index < -0.39 is 0 Å². The molecule has 0 amide bonds. The number of aromatic nitrogens is 1. The number of rotatable bonds is 1. The van der Waals surface area contributed by atoms with Crippen LogP contribution < -0.4 is 0 Å². The predicted molar refractivity (Wildman–Crippen MR) is 41.0 cm³/mol. The Hall–Kier alpha value is -0.340. The highest BCUT2D eigenvalue weighted by molar-refractivity contribution is 6.16. The molecule has 0 saturated heterocycles. The van der Waals surface area contributed by atoms with Crippen molar-refractivity contribution in [2.24, 2.45) is 0 Å². The number of pyridine rings is 1. The molecule has 0 radical (unpaired) electrons. The summed E-state index contributed by atoms with van der Waals surface area (Å²) in [6.07, 6.45) is 1.40. The molecule has 0 bridgehead atoms. The van der Waals surface area contributed by atoms with Crippen LogP contribution in [0.5, 0.6) is 0 Å². The van der Waals surface area contributed by atoms with Crippen LogP contribution in [0.25, 0.3) is 0 Å². The average molecular weight is 182 g/mol. The number of nitrogens with zero attached hydrogens (tertiary/aromatic N) is 1. The summed E-state index contributed by atoms with van der Waals surface area (Å²) in [5.41, 5.74) is 0.566. The van der Waals surface area contributed by atoms with Crippen molar-refractivity contribution >= 4 is 24.0 Å². The second-order valence-electron chi connectivity index (χ2n) is 1.60. The summed E-state index contributed by atoms with van der Waals surface area (Å²) in [7, 11) is 0. The average Bonchev–Trinajstić information content (AvgIpc) is 1.88. The normalized spacial score (nSPS) is 8.60. The molecule has 0 aliphatic heterocycles. The minimum Gasteiger partial charge on any atom is -0.260 e. The van der Waals surface area contributed by atoms with Crippen LogP contribution >= 0.6 is 24.0 Å². The maximum Gasteiger partial charge on any atom is 0.126 e. The van der Waals surface area contributed by atoms with Crippen molar-refractivity contribution in [3.8, 4) is 0 Å². The van der Waals surface area contributed by atoms with E-state index in [1.165, 1.54) is 18.3 Å². The van der Waals surface area contributed by atoms with E-state index in [9.17, 15) is 4.39 Å². The molecule has 1 aromatic rings. The van der Waals surface area contributed by atoms with Crippen molar-refractivity contribution in [1.29, 1.82) is 0 Å². The SMILES string of the molecule is Cl.Fc1ccnc(CCl)c1. The highest BCUT2D eigenvalue weighted by Crippen LogP contribution is 2.01. The second-order valence-corrected chi connectivity index (χ2v) is 1.87. The van der Waals surface area contributed by atoms with Crippen LogP contribution in [-0.2, 0) is 5.88 Å². The first kappa shape index (κ1) is 9.66. The highest BCUT2D eigenvalue weighted by Gasteiger charge is 1.91. The van der Waals surface area contributed by atoms with Gasteiger partial charge in [0.25, 0.3) is 0 Å². The minimum atomic E-state index is -0.291. The van der Waals surface area contributed by atoms with E-state index in [1.54, 1.807) is 0 Å². The van der Waals surface area contributed by atoms with Gasteiger partial charge in [-0.25, -0.2) is 4.39 Å². The molecule has 56 valence electrons. The maximum atomic E-state index is 12.3. The lowest BCUT2D eigenvalue weighted by atomic mass is 10.4. The molecule has 1 nitrogen and oxygen atoms in total.